The number of nitrogens with zero attached hydrogens (tertiary/aromatic N) is 1. The molecule has 2 N–H and O–H groups in total. The van der Waals surface area contributed by atoms with Crippen molar-refractivity contribution in [2.45, 2.75) is 64.9 Å². The molecule has 2 aromatic heterocycles. The predicted molar refractivity (Wildman–Crippen MR) is 130 cm³/mol. The van der Waals surface area contributed by atoms with Crippen LogP contribution in [0.5, 0.6) is 0 Å². The predicted octanol–water partition coefficient (Wildman–Crippen LogP) is 5.03. The molecule has 34 heavy (non-hydrogen) atoms. The van der Waals surface area contributed by atoms with E-state index in [4.69, 9.17) is 9.47 Å². The van der Waals surface area contributed by atoms with Crippen molar-refractivity contribution in [3.63, 3.8) is 0 Å². The normalized spacial score (nSPS) is 14.5. The van der Waals surface area contributed by atoms with Crippen molar-refractivity contribution >= 4 is 45.2 Å². The molecule has 180 valence electrons. The van der Waals surface area contributed by atoms with E-state index in [0.29, 0.717) is 28.1 Å². The molecule has 0 spiro atoms. The zero-order valence-electron chi connectivity index (χ0n) is 19.4. The van der Waals surface area contributed by atoms with Gasteiger partial charge in [-0.3, -0.25) is 4.79 Å². The molecule has 0 aliphatic heterocycles. The first-order chi connectivity index (χ1) is 16.5. The van der Waals surface area contributed by atoms with Crippen LogP contribution in [0.3, 0.4) is 0 Å². The van der Waals surface area contributed by atoms with E-state index in [9.17, 15) is 14.4 Å². The first kappa shape index (κ1) is 23.9. The van der Waals surface area contributed by atoms with Crippen LogP contribution in [-0.4, -0.2) is 40.5 Å². The van der Waals surface area contributed by atoms with Crippen LogP contribution in [0.2, 0.25) is 0 Å². The highest BCUT2D eigenvalue weighted by Crippen LogP contribution is 2.37. The van der Waals surface area contributed by atoms with E-state index in [-0.39, 0.29) is 6.61 Å². The van der Waals surface area contributed by atoms with Gasteiger partial charge in [0.25, 0.3) is 5.91 Å². The maximum Gasteiger partial charge on any atom is 0.341 e. The third-order valence-corrected chi connectivity index (χ3v) is 7.16. The van der Waals surface area contributed by atoms with Gasteiger partial charge in [0.15, 0.2) is 6.10 Å². The van der Waals surface area contributed by atoms with Crippen molar-refractivity contribution < 1.29 is 23.9 Å². The Kier molecular flexibility index (Phi) is 7.62. The minimum absolute atomic E-state index is 0.257. The highest BCUT2D eigenvalue weighted by atomic mass is 32.1. The Bertz CT molecular complexity index is 1200. The van der Waals surface area contributed by atoms with Crippen LogP contribution in [0.1, 0.15) is 77.1 Å². The SMILES string of the molecule is CCOC(=O)c1c(NC(=O)C(CC)OC(=O)c2ccc3nc[nH]c3c2)sc2c1CCCCCC2. The second kappa shape index (κ2) is 10.8. The molecule has 1 unspecified atom stereocenters. The lowest BCUT2D eigenvalue weighted by molar-refractivity contribution is -0.124. The van der Waals surface area contributed by atoms with Crippen LogP contribution in [0.4, 0.5) is 5.00 Å². The number of hydrogen-bond acceptors (Lipinski definition) is 7. The molecule has 0 radical (unpaired) electrons. The van der Waals surface area contributed by atoms with E-state index >= 15 is 0 Å². The number of rotatable bonds is 7. The molecule has 1 aliphatic rings. The van der Waals surface area contributed by atoms with Crippen molar-refractivity contribution in [2.75, 3.05) is 11.9 Å². The van der Waals surface area contributed by atoms with Crippen molar-refractivity contribution in [3.8, 4) is 0 Å². The number of aromatic amines is 1. The molecule has 9 heteroatoms. The number of benzene rings is 1. The number of aryl methyl sites for hydroxylation is 1. The lowest BCUT2D eigenvalue weighted by Crippen LogP contribution is -2.32. The molecule has 0 bridgehead atoms. The maximum absolute atomic E-state index is 13.1. The molecule has 0 saturated heterocycles. The fourth-order valence-corrected chi connectivity index (χ4v) is 5.48. The zero-order valence-corrected chi connectivity index (χ0v) is 20.3. The van der Waals surface area contributed by atoms with Crippen molar-refractivity contribution in [3.05, 3.63) is 46.1 Å². The van der Waals surface area contributed by atoms with Gasteiger partial charge in [-0.05, 0) is 62.8 Å². The minimum atomic E-state index is -0.996. The van der Waals surface area contributed by atoms with Crippen LogP contribution in [0.15, 0.2) is 24.5 Å². The van der Waals surface area contributed by atoms with E-state index in [0.717, 1.165) is 54.5 Å². The highest BCUT2D eigenvalue weighted by Gasteiger charge is 2.29. The van der Waals surface area contributed by atoms with Gasteiger partial charge in [-0.25, -0.2) is 14.6 Å². The Hall–Kier alpha value is -3.20. The topological polar surface area (TPSA) is 110 Å². The number of ether oxygens (including phenoxy) is 2. The molecule has 8 nitrogen and oxygen atoms in total. The average molecular weight is 484 g/mol. The summed E-state index contributed by atoms with van der Waals surface area (Å²) in [7, 11) is 0. The van der Waals surface area contributed by atoms with Gasteiger partial charge in [-0.2, -0.15) is 0 Å². The zero-order chi connectivity index (χ0) is 24.1. The number of fused-ring (bicyclic) bond motifs is 2. The third-order valence-electron chi connectivity index (χ3n) is 5.96. The van der Waals surface area contributed by atoms with Crippen LogP contribution in [0, 0.1) is 0 Å². The minimum Gasteiger partial charge on any atom is -0.462 e. The number of esters is 2. The second-order valence-corrected chi connectivity index (χ2v) is 9.37. The summed E-state index contributed by atoms with van der Waals surface area (Å²) in [6.45, 7) is 3.79. The van der Waals surface area contributed by atoms with E-state index in [1.165, 1.54) is 11.3 Å². The van der Waals surface area contributed by atoms with Gasteiger partial charge in [0.05, 0.1) is 35.1 Å². The van der Waals surface area contributed by atoms with Crippen molar-refractivity contribution in [1.82, 2.24) is 9.97 Å². The monoisotopic (exact) mass is 483 g/mol. The number of anilines is 1. The molecular formula is C25H29N3O5S. The van der Waals surface area contributed by atoms with Gasteiger partial charge in [0.2, 0.25) is 0 Å². The molecule has 4 rings (SSSR count). The number of amides is 1. The molecule has 0 fully saturated rings. The van der Waals surface area contributed by atoms with Crippen LogP contribution >= 0.6 is 11.3 Å². The van der Waals surface area contributed by atoms with E-state index < -0.39 is 23.9 Å². The van der Waals surface area contributed by atoms with Crippen molar-refractivity contribution in [1.29, 1.82) is 0 Å². The summed E-state index contributed by atoms with van der Waals surface area (Å²) in [6.07, 6.45) is 6.85. The quantitative estimate of drug-likeness (QED) is 0.456. The van der Waals surface area contributed by atoms with Gasteiger partial charge in [-0.15, -0.1) is 11.3 Å². The largest absolute Gasteiger partial charge is 0.462 e. The fraction of sp³-hybridized carbons (Fsp3) is 0.440. The van der Waals surface area contributed by atoms with E-state index in [1.807, 2.05) is 0 Å². The molecule has 1 amide bonds. The summed E-state index contributed by atoms with van der Waals surface area (Å²) >= 11 is 1.43. The molecule has 1 atom stereocenters. The lowest BCUT2D eigenvalue weighted by atomic mass is 9.96. The molecular weight excluding hydrogens is 454 g/mol. The molecule has 2 heterocycles. The molecule has 3 aromatic rings. The molecule has 1 aromatic carbocycles. The van der Waals surface area contributed by atoms with Gasteiger partial charge in [-0.1, -0.05) is 19.8 Å². The summed E-state index contributed by atoms with van der Waals surface area (Å²) in [5.74, 6) is -1.48. The number of aromatic nitrogens is 2. The Balaban J connectivity index is 1.54. The van der Waals surface area contributed by atoms with E-state index in [1.54, 1.807) is 38.4 Å². The van der Waals surface area contributed by atoms with Crippen LogP contribution < -0.4 is 5.32 Å². The Morgan fingerprint density at radius 1 is 1.12 bits per heavy atom. The summed E-state index contributed by atoms with van der Waals surface area (Å²) in [5, 5.41) is 3.34. The second-order valence-electron chi connectivity index (χ2n) is 8.27. The third kappa shape index (κ3) is 5.14. The first-order valence-corrected chi connectivity index (χ1v) is 12.6. The number of carbonyl (C=O) groups excluding carboxylic acids is 3. The van der Waals surface area contributed by atoms with Crippen LogP contribution in [-0.2, 0) is 27.1 Å². The van der Waals surface area contributed by atoms with Gasteiger partial charge < -0.3 is 19.8 Å². The number of carbonyl (C=O) groups is 3. The summed E-state index contributed by atoms with van der Waals surface area (Å²) in [6, 6.07) is 4.98. The first-order valence-electron chi connectivity index (χ1n) is 11.8. The smallest absolute Gasteiger partial charge is 0.341 e. The van der Waals surface area contributed by atoms with Crippen molar-refractivity contribution in [2.24, 2.45) is 0 Å². The number of hydrogen-bond donors (Lipinski definition) is 2. The maximum atomic E-state index is 13.1. The number of thiophene rings is 1. The van der Waals surface area contributed by atoms with Crippen LogP contribution in [0.25, 0.3) is 11.0 Å². The summed E-state index contributed by atoms with van der Waals surface area (Å²) in [4.78, 5) is 46.9. The Labute approximate surface area is 202 Å². The van der Waals surface area contributed by atoms with Gasteiger partial charge >= 0.3 is 11.9 Å². The highest BCUT2D eigenvalue weighted by molar-refractivity contribution is 7.17. The Morgan fingerprint density at radius 2 is 1.91 bits per heavy atom. The van der Waals surface area contributed by atoms with E-state index in [2.05, 4.69) is 15.3 Å². The Morgan fingerprint density at radius 3 is 2.68 bits per heavy atom. The number of imidazole rings is 1. The number of nitrogens with one attached hydrogen (secondary N) is 2. The average Bonchev–Trinajstić information content (AvgIpc) is 3.41. The summed E-state index contributed by atoms with van der Waals surface area (Å²) < 4.78 is 10.8. The summed E-state index contributed by atoms with van der Waals surface area (Å²) in [5.41, 5.74) is 3.21. The van der Waals surface area contributed by atoms with Gasteiger partial charge in [0, 0.05) is 4.88 Å². The fourth-order valence-electron chi connectivity index (χ4n) is 4.20. The number of H-pyrrole nitrogens is 1. The van der Waals surface area contributed by atoms with Gasteiger partial charge in [0.1, 0.15) is 5.00 Å². The molecule has 0 saturated carbocycles. The standard InChI is InChI=1S/C25H29N3O5S/c1-3-19(33-24(30)15-11-12-17-18(13-15)27-14-26-17)22(29)28-23-21(25(31)32-4-2)16-9-7-5-6-8-10-20(16)34-23/h11-14,19H,3-10H2,1-2H3,(H,26,27)(H,28,29). The lowest BCUT2D eigenvalue weighted by Gasteiger charge is -2.16. The molecule has 1 aliphatic carbocycles.